The molecule has 0 radical (unpaired) electrons. The van der Waals surface area contributed by atoms with E-state index in [-0.39, 0.29) is 5.75 Å². The monoisotopic (exact) mass is 418 g/mol. The molecule has 0 amide bonds. The summed E-state index contributed by atoms with van der Waals surface area (Å²) < 4.78 is 27.2. The first kappa shape index (κ1) is 19.9. The number of nitrogens with one attached hydrogen (secondary N) is 2. The highest BCUT2D eigenvalue weighted by Gasteiger charge is 2.32. The van der Waals surface area contributed by atoms with E-state index in [1.807, 2.05) is 31.3 Å². The van der Waals surface area contributed by atoms with Crippen molar-refractivity contribution in [3.05, 3.63) is 69.7 Å². The number of hydrogen-bond acceptors (Lipinski definition) is 3. The second-order valence-electron chi connectivity index (χ2n) is 8.12. The molecule has 0 aliphatic heterocycles. The molecule has 0 spiro atoms. The fourth-order valence-corrected chi connectivity index (χ4v) is 5.87. The number of benzene rings is 2. The van der Waals surface area contributed by atoms with Crippen molar-refractivity contribution in [2.24, 2.45) is 5.92 Å². The Kier molecular flexibility index (Phi) is 5.79. The highest BCUT2D eigenvalue weighted by atomic mass is 35.5. The Morgan fingerprint density at radius 2 is 1.93 bits per heavy atom. The maximum absolute atomic E-state index is 12.2. The molecule has 1 fully saturated rings. The SMILES string of the molecule is CNC1Cc2ccc(CNS(=O)(=O)CC3CC3)cc2C1Cc1cccc(Cl)c1. The van der Waals surface area contributed by atoms with Crippen molar-refractivity contribution in [3.63, 3.8) is 0 Å². The minimum Gasteiger partial charge on any atom is -0.316 e. The zero-order valence-electron chi connectivity index (χ0n) is 16.1. The van der Waals surface area contributed by atoms with Gasteiger partial charge in [-0.1, -0.05) is 41.9 Å². The smallest absolute Gasteiger partial charge is 0.212 e. The van der Waals surface area contributed by atoms with Crippen molar-refractivity contribution in [3.8, 4) is 0 Å². The molecule has 0 bridgehead atoms. The fourth-order valence-electron chi connectivity index (χ4n) is 4.20. The molecule has 6 heteroatoms. The van der Waals surface area contributed by atoms with Gasteiger partial charge in [-0.25, -0.2) is 13.1 Å². The van der Waals surface area contributed by atoms with E-state index in [1.54, 1.807) is 0 Å². The molecule has 4 rings (SSSR count). The highest BCUT2D eigenvalue weighted by Crippen LogP contribution is 2.37. The number of rotatable bonds is 8. The van der Waals surface area contributed by atoms with E-state index >= 15 is 0 Å². The van der Waals surface area contributed by atoms with Gasteiger partial charge in [0.1, 0.15) is 0 Å². The van der Waals surface area contributed by atoms with Crippen molar-refractivity contribution in [2.45, 2.75) is 44.2 Å². The summed E-state index contributed by atoms with van der Waals surface area (Å²) in [5.74, 6) is 0.967. The van der Waals surface area contributed by atoms with Crippen LogP contribution in [0.3, 0.4) is 0 Å². The van der Waals surface area contributed by atoms with Crippen molar-refractivity contribution in [2.75, 3.05) is 12.8 Å². The van der Waals surface area contributed by atoms with E-state index < -0.39 is 10.0 Å². The quantitative estimate of drug-likeness (QED) is 0.688. The predicted molar refractivity (Wildman–Crippen MR) is 114 cm³/mol. The Morgan fingerprint density at radius 1 is 1.11 bits per heavy atom. The maximum Gasteiger partial charge on any atom is 0.212 e. The molecule has 1 saturated carbocycles. The Bertz CT molecular complexity index is 957. The molecular formula is C22H27ClN2O2S. The minimum absolute atomic E-state index is 0.261. The van der Waals surface area contributed by atoms with Crippen LogP contribution in [-0.2, 0) is 29.4 Å². The molecule has 2 aliphatic carbocycles. The van der Waals surface area contributed by atoms with Gasteiger partial charge in [-0.3, -0.25) is 0 Å². The number of halogens is 1. The van der Waals surface area contributed by atoms with Gasteiger partial charge >= 0.3 is 0 Å². The van der Waals surface area contributed by atoms with E-state index in [0.717, 1.165) is 36.3 Å². The van der Waals surface area contributed by atoms with Crippen LogP contribution in [0.15, 0.2) is 42.5 Å². The van der Waals surface area contributed by atoms with Gasteiger partial charge in [0.15, 0.2) is 0 Å². The van der Waals surface area contributed by atoms with Crippen molar-refractivity contribution < 1.29 is 8.42 Å². The van der Waals surface area contributed by atoms with Gasteiger partial charge in [-0.2, -0.15) is 0 Å². The summed E-state index contributed by atoms with van der Waals surface area (Å²) in [6, 6.07) is 14.8. The van der Waals surface area contributed by atoms with Crippen LogP contribution in [0, 0.1) is 5.92 Å². The molecule has 2 aromatic rings. The molecule has 0 heterocycles. The van der Waals surface area contributed by atoms with Crippen LogP contribution >= 0.6 is 11.6 Å². The van der Waals surface area contributed by atoms with Crippen LogP contribution < -0.4 is 10.0 Å². The second kappa shape index (κ2) is 8.15. The third-order valence-electron chi connectivity index (χ3n) is 5.90. The molecule has 2 N–H and O–H groups in total. The van der Waals surface area contributed by atoms with Crippen molar-refractivity contribution in [1.29, 1.82) is 0 Å². The topological polar surface area (TPSA) is 58.2 Å². The third kappa shape index (κ3) is 4.77. The molecule has 2 aliphatic rings. The lowest BCUT2D eigenvalue weighted by molar-refractivity contribution is 0.492. The molecule has 2 aromatic carbocycles. The van der Waals surface area contributed by atoms with E-state index in [1.165, 1.54) is 16.7 Å². The van der Waals surface area contributed by atoms with Gasteiger partial charge in [-0.05, 0) is 73.0 Å². The standard InChI is InChI=1S/C22H27ClN2O2S/c1-24-22-12-18-8-7-17(13-25-28(26,27)14-15-5-6-15)11-20(18)21(22)10-16-3-2-4-19(23)9-16/h2-4,7-9,11,15,21-22,24-25H,5-6,10,12-14H2,1H3. The molecule has 4 nitrogen and oxygen atoms in total. The van der Waals surface area contributed by atoms with Crippen LogP contribution in [0.1, 0.15) is 41.0 Å². The Labute approximate surface area is 172 Å². The third-order valence-corrected chi connectivity index (χ3v) is 7.63. The Hall–Kier alpha value is -1.40. The van der Waals surface area contributed by atoms with Gasteiger partial charge in [0.25, 0.3) is 0 Å². The van der Waals surface area contributed by atoms with Gasteiger partial charge in [0, 0.05) is 23.5 Å². The zero-order chi connectivity index (χ0) is 19.7. The van der Waals surface area contributed by atoms with Crippen molar-refractivity contribution >= 4 is 21.6 Å². The number of hydrogen-bond donors (Lipinski definition) is 2. The first-order valence-corrected chi connectivity index (χ1v) is 12.0. The fraction of sp³-hybridized carbons (Fsp3) is 0.455. The molecule has 150 valence electrons. The van der Waals surface area contributed by atoms with Crippen LogP contribution in [0.5, 0.6) is 0 Å². The van der Waals surface area contributed by atoms with E-state index in [0.29, 0.717) is 24.4 Å². The number of likely N-dealkylation sites (N-methyl/N-ethyl adjacent to an activating group) is 1. The summed E-state index contributed by atoms with van der Waals surface area (Å²) in [7, 11) is -1.18. The molecular weight excluding hydrogens is 392 g/mol. The van der Waals surface area contributed by atoms with E-state index in [2.05, 4.69) is 28.2 Å². The second-order valence-corrected chi connectivity index (χ2v) is 10.4. The average Bonchev–Trinajstić information content (AvgIpc) is 3.40. The van der Waals surface area contributed by atoms with E-state index in [9.17, 15) is 8.42 Å². The maximum atomic E-state index is 12.2. The predicted octanol–water partition coefficient (Wildman–Crippen LogP) is 3.64. The summed E-state index contributed by atoms with van der Waals surface area (Å²) >= 11 is 6.17. The lowest BCUT2D eigenvalue weighted by atomic mass is 9.90. The zero-order valence-corrected chi connectivity index (χ0v) is 17.7. The Balaban J connectivity index is 1.51. The summed E-state index contributed by atoms with van der Waals surface area (Å²) in [5.41, 5.74) is 4.90. The highest BCUT2D eigenvalue weighted by molar-refractivity contribution is 7.89. The molecule has 0 aromatic heterocycles. The first-order valence-electron chi connectivity index (χ1n) is 9.94. The van der Waals surface area contributed by atoms with Gasteiger partial charge < -0.3 is 5.32 Å². The number of fused-ring (bicyclic) bond motifs is 1. The molecule has 28 heavy (non-hydrogen) atoms. The average molecular weight is 419 g/mol. The van der Waals surface area contributed by atoms with Crippen molar-refractivity contribution in [1.82, 2.24) is 10.0 Å². The lowest BCUT2D eigenvalue weighted by Gasteiger charge is -2.20. The Morgan fingerprint density at radius 3 is 2.64 bits per heavy atom. The summed E-state index contributed by atoms with van der Waals surface area (Å²) in [4.78, 5) is 0. The molecule has 2 unspecified atom stereocenters. The summed E-state index contributed by atoms with van der Waals surface area (Å²) in [5, 5.41) is 4.22. The molecule has 2 atom stereocenters. The van der Waals surface area contributed by atoms with Crippen LogP contribution in [-0.4, -0.2) is 27.3 Å². The minimum atomic E-state index is -3.19. The van der Waals surface area contributed by atoms with Gasteiger partial charge in [0.2, 0.25) is 10.0 Å². The van der Waals surface area contributed by atoms with Crippen LogP contribution in [0.25, 0.3) is 0 Å². The van der Waals surface area contributed by atoms with Gasteiger partial charge in [-0.15, -0.1) is 0 Å². The largest absolute Gasteiger partial charge is 0.316 e. The van der Waals surface area contributed by atoms with Gasteiger partial charge in [0.05, 0.1) is 5.75 Å². The van der Waals surface area contributed by atoms with E-state index in [4.69, 9.17) is 11.6 Å². The number of sulfonamides is 1. The summed E-state index contributed by atoms with van der Waals surface area (Å²) in [6.07, 6.45) is 3.98. The van der Waals surface area contributed by atoms with Crippen LogP contribution in [0.2, 0.25) is 5.02 Å². The normalized spacial score (nSPS) is 21.6. The first-order chi connectivity index (χ1) is 13.4. The lowest BCUT2D eigenvalue weighted by Crippen LogP contribution is -2.30. The van der Waals surface area contributed by atoms with Crippen LogP contribution in [0.4, 0.5) is 0 Å². The molecule has 0 saturated heterocycles. The summed E-state index contributed by atoms with van der Waals surface area (Å²) in [6.45, 7) is 0.358.